The molecule has 1 aromatic heterocycles. The van der Waals surface area contributed by atoms with E-state index < -0.39 is 15.3 Å². The monoisotopic (exact) mass is 492 g/mol. The summed E-state index contributed by atoms with van der Waals surface area (Å²) < 4.78 is 38.1. The fraction of sp³-hybridized carbons (Fsp3) is 0.286. The Balaban J connectivity index is 1.83. The molecule has 0 fully saturated rings. The number of rotatable bonds is 8. The molecule has 1 heterocycles. The molecule has 3 rings (SSSR count). The number of aromatic nitrogens is 3. The van der Waals surface area contributed by atoms with Crippen molar-refractivity contribution >= 4 is 33.4 Å². The fourth-order valence-corrected chi connectivity index (χ4v) is 4.27. The maximum absolute atomic E-state index is 13.5. The molecule has 2 atom stereocenters. The maximum Gasteiger partial charge on any atom is 0.238 e. The summed E-state index contributed by atoms with van der Waals surface area (Å²) in [6, 6.07) is 11.5. The molecule has 0 spiro atoms. The summed E-state index contributed by atoms with van der Waals surface area (Å²) in [5.41, 5.74) is 1.11. The van der Waals surface area contributed by atoms with Crippen molar-refractivity contribution in [3.05, 3.63) is 60.2 Å². The van der Waals surface area contributed by atoms with E-state index in [1.54, 1.807) is 23.6 Å². The van der Waals surface area contributed by atoms with E-state index in [-0.39, 0.29) is 22.7 Å². The van der Waals surface area contributed by atoms with Gasteiger partial charge in [-0.1, -0.05) is 11.8 Å². The van der Waals surface area contributed by atoms with Gasteiger partial charge in [-0.3, -0.25) is 14.3 Å². The van der Waals surface area contributed by atoms with Crippen molar-refractivity contribution < 1.29 is 17.6 Å². The Morgan fingerprint density at radius 1 is 1.09 bits per heavy atom. The quantitative estimate of drug-likeness (QED) is 0.464. The molecule has 3 aromatic rings. The SMILES string of the molecule is CC(Sc1nnc(C(C)N(C)C)n1-c1ccc(F)cc1)C(=O)Nc1ccc(S(N)(=O)=O)cc1. The van der Waals surface area contributed by atoms with E-state index in [0.29, 0.717) is 22.4 Å². The minimum atomic E-state index is -3.81. The average Bonchev–Trinajstić information content (AvgIpc) is 3.16. The van der Waals surface area contributed by atoms with Gasteiger partial charge in [-0.05, 0) is 76.5 Å². The van der Waals surface area contributed by atoms with E-state index in [1.807, 2.05) is 25.9 Å². The van der Waals surface area contributed by atoms with Gasteiger partial charge in [-0.15, -0.1) is 10.2 Å². The number of carbonyl (C=O) groups excluding carboxylic acids is 1. The van der Waals surface area contributed by atoms with Crippen LogP contribution in [0, 0.1) is 5.82 Å². The third-order valence-corrected chi connectivity index (χ3v) is 6.97. The summed E-state index contributed by atoms with van der Waals surface area (Å²) in [4.78, 5) is 14.7. The molecule has 176 valence electrons. The number of amides is 1. The summed E-state index contributed by atoms with van der Waals surface area (Å²) >= 11 is 1.20. The summed E-state index contributed by atoms with van der Waals surface area (Å²) in [7, 11) is 0.0186. The molecule has 0 aliphatic carbocycles. The third-order valence-electron chi connectivity index (χ3n) is 4.99. The highest BCUT2D eigenvalue weighted by atomic mass is 32.2. The summed E-state index contributed by atoms with van der Waals surface area (Å²) in [6.45, 7) is 3.69. The van der Waals surface area contributed by atoms with Gasteiger partial charge in [0.1, 0.15) is 5.82 Å². The number of nitrogens with two attached hydrogens (primary N) is 1. The molecule has 12 heteroatoms. The van der Waals surface area contributed by atoms with Gasteiger partial charge in [0.15, 0.2) is 11.0 Å². The van der Waals surface area contributed by atoms with Crippen LogP contribution in [0.4, 0.5) is 10.1 Å². The number of hydrogen-bond acceptors (Lipinski definition) is 7. The Morgan fingerprint density at radius 3 is 2.24 bits per heavy atom. The zero-order valence-electron chi connectivity index (χ0n) is 18.6. The fourth-order valence-electron chi connectivity index (χ4n) is 2.88. The molecule has 0 bridgehead atoms. The number of nitrogens with zero attached hydrogens (tertiary/aromatic N) is 4. The van der Waals surface area contributed by atoms with Crippen molar-refractivity contribution in [2.45, 2.75) is 35.2 Å². The first kappa shape index (κ1) is 24.8. The zero-order chi connectivity index (χ0) is 24.3. The number of halogens is 1. The second kappa shape index (κ2) is 10.00. The Hall–Kier alpha value is -2.80. The van der Waals surface area contributed by atoms with E-state index in [9.17, 15) is 17.6 Å². The number of nitrogens with one attached hydrogen (secondary N) is 1. The van der Waals surface area contributed by atoms with E-state index in [4.69, 9.17) is 5.14 Å². The van der Waals surface area contributed by atoms with Crippen molar-refractivity contribution in [3.8, 4) is 5.69 Å². The van der Waals surface area contributed by atoms with Crippen LogP contribution in [0.25, 0.3) is 5.69 Å². The number of hydrogen-bond donors (Lipinski definition) is 2. The molecule has 1 amide bonds. The van der Waals surface area contributed by atoms with Crippen LogP contribution in [0.5, 0.6) is 0 Å². The Labute approximate surface area is 196 Å². The number of benzene rings is 2. The molecule has 2 aromatic carbocycles. The van der Waals surface area contributed by atoms with Crippen molar-refractivity contribution in [2.75, 3.05) is 19.4 Å². The van der Waals surface area contributed by atoms with Gasteiger partial charge in [-0.25, -0.2) is 17.9 Å². The van der Waals surface area contributed by atoms with Crippen LogP contribution in [0.1, 0.15) is 25.7 Å². The average molecular weight is 493 g/mol. The maximum atomic E-state index is 13.5. The molecule has 0 radical (unpaired) electrons. The molecular weight excluding hydrogens is 467 g/mol. The lowest BCUT2D eigenvalue weighted by molar-refractivity contribution is -0.115. The Kier molecular flexibility index (Phi) is 7.52. The van der Waals surface area contributed by atoms with Crippen LogP contribution in [-0.4, -0.2) is 53.3 Å². The molecule has 9 nitrogen and oxygen atoms in total. The lowest BCUT2D eigenvalue weighted by Crippen LogP contribution is -2.23. The highest BCUT2D eigenvalue weighted by Crippen LogP contribution is 2.29. The lowest BCUT2D eigenvalue weighted by atomic mass is 10.2. The molecule has 0 aliphatic rings. The minimum Gasteiger partial charge on any atom is -0.325 e. The standard InChI is InChI=1S/C21H25FN6O3S2/c1-13(27(3)4)19-25-26-21(28(19)17-9-5-15(22)6-10-17)32-14(2)20(29)24-16-7-11-18(12-8-16)33(23,30)31/h5-14H,1-4H3,(H,24,29)(H2,23,30,31). The first-order valence-electron chi connectivity index (χ1n) is 9.95. The van der Waals surface area contributed by atoms with E-state index >= 15 is 0 Å². The molecular formula is C21H25FN6O3S2. The number of anilines is 1. The lowest BCUT2D eigenvalue weighted by Gasteiger charge is -2.21. The second-order valence-electron chi connectivity index (χ2n) is 7.61. The van der Waals surface area contributed by atoms with Crippen LogP contribution in [0.15, 0.2) is 58.6 Å². The van der Waals surface area contributed by atoms with Gasteiger partial charge in [0.2, 0.25) is 15.9 Å². The molecule has 2 unspecified atom stereocenters. The highest BCUT2D eigenvalue weighted by Gasteiger charge is 2.24. The Bertz CT molecular complexity index is 1230. The molecule has 3 N–H and O–H groups in total. The van der Waals surface area contributed by atoms with Gasteiger partial charge in [0, 0.05) is 11.4 Å². The van der Waals surface area contributed by atoms with Crippen LogP contribution >= 0.6 is 11.8 Å². The minimum absolute atomic E-state index is 0.0436. The highest BCUT2D eigenvalue weighted by molar-refractivity contribution is 8.00. The van der Waals surface area contributed by atoms with Gasteiger partial charge in [-0.2, -0.15) is 0 Å². The van der Waals surface area contributed by atoms with E-state index in [0.717, 1.165) is 0 Å². The van der Waals surface area contributed by atoms with E-state index in [1.165, 1.54) is 48.2 Å². The van der Waals surface area contributed by atoms with Crippen molar-refractivity contribution in [2.24, 2.45) is 5.14 Å². The van der Waals surface area contributed by atoms with Crippen LogP contribution in [0.2, 0.25) is 0 Å². The first-order valence-corrected chi connectivity index (χ1v) is 12.4. The Morgan fingerprint density at radius 2 is 1.70 bits per heavy atom. The van der Waals surface area contributed by atoms with Crippen molar-refractivity contribution in [3.63, 3.8) is 0 Å². The zero-order valence-corrected chi connectivity index (χ0v) is 20.2. The van der Waals surface area contributed by atoms with E-state index in [2.05, 4.69) is 15.5 Å². The third kappa shape index (κ3) is 5.96. The van der Waals surface area contributed by atoms with Gasteiger partial charge < -0.3 is 5.32 Å². The normalized spacial score (nSPS) is 13.7. The summed E-state index contributed by atoms with van der Waals surface area (Å²) in [6.07, 6.45) is 0. The summed E-state index contributed by atoms with van der Waals surface area (Å²) in [5, 5.41) is 16.4. The number of primary sulfonamides is 1. The van der Waals surface area contributed by atoms with Crippen LogP contribution < -0.4 is 10.5 Å². The number of thioether (sulfide) groups is 1. The van der Waals surface area contributed by atoms with Gasteiger partial charge in [0.05, 0.1) is 16.2 Å². The second-order valence-corrected chi connectivity index (χ2v) is 10.5. The molecule has 33 heavy (non-hydrogen) atoms. The van der Waals surface area contributed by atoms with Crippen LogP contribution in [-0.2, 0) is 14.8 Å². The topological polar surface area (TPSA) is 123 Å². The summed E-state index contributed by atoms with van der Waals surface area (Å²) in [5.74, 6) is -0.0102. The molecule has 0 aliphatic heterocycles. The smallest absolute Gasteiger partial charge is 0.238 e. The molecule has 0 saturated carbocycles. The van der Waals surface area contributed by atoms with Crippen LogP contribution in [0.3, 0.4) is 0 Å². The number of sulfonamides is 1. The van der Waals surface area contributed by atoms with Crippen molar-refractivity contribution in [1.29, 1.82) is 0 Å². The van der Waals surface area contributed by atoms with Crippen molar-refractivity contribution in [1.82, 2.24) is 19.7 Å². The first-order chi connectivity index (χ1) is 15.5. The van der Waals surface area contributed by atoms with Gasteiger partial charge in [0.25, 0.3) is 0 Å². The molecule has 0 saturated heterocycles. The van der Waals surface area contributed by atoms with Gasteiger partial charge >= 0.3 is 0 Å². The number of carbonyl (C=O) groups is 1. The predicted molar refractivity (Wildman–Crippen MR) is 125 cm³/mol. The largest absolute Gasteiger partial charge is 0.325 e. The predicted octanol–water partition coefficient (Wildman–Crippen LogP) is 2.80.